The summed E-state index contributed by atoms with van der Waals surface area (Å²) in [6.45, 7) is 4.10. The summed E-state index contributed by atoms with van der Waals surface area (Å²) in [4.78, 5) is 21.9. The van der Waals surface area contributed by atoms with Gasteiger partial charge in [-0.25, -0.2) is 0 Å². The topological polar surface area (TPSA) is 58.2 Å². The Balaban J connectivity index is 2.36. The molecule has 1 fully saturated rings. The lowest BCUT2D eigenvalue weighted by Gasteiger charge is -2.07. The second-order valence-electron chi connectivity index (χ2n) is 2.71. The number of imide groups is 1. The van der Waals surface area contributed by atoms with Crippen LogP contribution in [0.4, 0.5) is 0 Å². The molecule has 2 amide bonds. The number of rotatable bonds is 2. The van der Waals surface area contributed by atoms with Crippen molar-refractivity contribution in [2.45, 2.75) is 18.9 Å². The Bertz CT molecular complexity index is 207. The van der Waals surface area contributed by atoms with E-state index in [0.29, 0.717) is 0 Å². The van der Waals surface area contributed by atoms with E-state index in [1.807, 2.05) is 0 Å². The zero-order valence-electron chi connectivity index (χ0n) is 6.80. The lowest BCUT2D eigenvalue weighted by molar-refractivity contribution is -0.129. The smallest absolute Gasteiger partial charge is 0.249 e. The molecule has 0 unspecified atom stereocenters. The summed E-state index contributed by atoms with van der Waals surface area (Å²) < 4.78 is 0. The van der Waals surface area contributed by atoms with Gasteiger partial charge in [0.2, 0.25) is 11.8 Å². The zero-order chi connectivity index (χ0) is 8.97. The first-order valence-corrected chi connectivity index (χ1v) is 3.94. The molecule has 1 saturated heterocycles. The van der Waals surface area contributed by atoms with Crippen LogP contribution in [0.2, 0.25) is 0 Å². The van der Waals surface area contributed by atoms with Gasteiger partial charge in [-0.2, -0.15) is 0 Å². The molecule has 0 radical (unpaired) electrons. The van der Waals surface area contributed by atoms with Crippen LogP contribution in [-0.2, 0) is 9.59 Å². The van der Waals surface area contributed by atoms with Crippen molar-refractivity contribution in [1.82, 2.24) is 10.6 Å². The molecule has 1 rings (SSSR count). The highest BCUT2D eigenvalue weighted by Gasteiger charge is 2.22. The molecule has 2 N–H and O–H groups in total. The predicted octanol–water partition coefficient (Wildman–Crippen LogP) is -0.433. The van der Waals surface area contributed by atoms with E-state index in [1.165, 1.54) is 0 Å². The third-order valence-electron chi connectivity index (χ3n) is 1.81. The molecular formula is C8H12N2O2. The quantitative estimate of drug-likeness (QED) is 0.550. The molecule has 0 aromatic rings. The van der Waals surface area contributed by atoms with Gasteiger partial charge in [0.25, 0.3) is 0 Å². The third kappa shape index (κ3) is 2.17. The van der Waals surface area contributed by atoms with Gasteiger partial charge in [-0.1, -0.05) is 6.58 Å². The van der Waals surface area contributed by atoms with E-state index in [-0.39, 0.29) is 11.9 Å². The molecule has 1 aliphatic rings. The standard InChI is InChI=1S/C8H12N2O2/c1-2-7(11)10-8(12)6-4-3-5-9-6/h2,6,9H,1,3-5H2,(H,10,11,12)/t6-/m1/s1. The van der Waals surface area contributed by atoms with Gasteiger partial charge in [-0.05, 0) is 25.5 Å². The molecule has 0 aliphatic carbocycles. The van der Waals surface area contributed by atoms with Crippen molar-refractivity contribution in [2.75, 3.05) is 6.54 Å². The largest absolute Gasteiger partial charge is 0.306 e. The Kier molecular flexibility index (Phi) is 2.99. The van der Waals surface area contributed by atoms with Crippen molar-refractivity contribution >= 4 is 11.8 Å². The SMILES string of the molecule is C=CC(=O)NC(=O)[C@H]1CCCN1. The summed E-state index contributed by atoms with van der Waals surface area (Å²) in [6.07, 6.45) is 2.88. The van der Waals surface area contributed by atoms with Crippen molar-refractivity contribution in [3.8, 4) is 0 Å². The first-order valence-electron chi connectivity index (χ1n) is 3.94. The van der Waals surface area contributed by atoms with Crippen LogP contribution in [0.5, 0.6) is 0 Å². The normalized spacial score (nSPS) is 21.8. The number of carbonyl (C=O) groups is 2. The molecule has 4 nitrogen and oxygen atoms in total. The minimum atomic E-state index is -0.436. The van der Waals surface area contributed by atoms with Crippen LogP contribution >= 0.6 is 0 Å². The van der Waals surface area contributed by atoms with E-state index in [2.05, 4.69) is 17.2 Å². The Hall–Kier alpha value is -1.16. The summed E-state index contributed by atoms with van der Waals surface area (Å²) >= 11 is 0. The molecule has 4 heteroatoms. The van der Waals surface area contributed by atoms with E-state index >= 15 is 0 Å². The minimum Gasteiger partial charge on any atom is -0.306 e. The first-order chi connectivity index (χ1) is 5.74. The molecule has 0 spiro atoms. The highest BCUT2D eigenvalue weighted by atomic mass is 16.2. The van der Waals surface area contributed by atoms with Crippen molar-refractivity contribution in [1.29, 1.82) is 0 Å². The number of hydrogen-bond acceptors (Lipinski definition) is 3. The predicted molar refractivity (Wildman–Crippen MR) is 44.4 cm³/mol. The van der Waals surface area contributed by atoms with Gasteiger partial charge in [0, 0.05) is 0 Å². The molecule has 66 valence electrons. The van der Waals surface area contributed by atoms with Gasteiger partial charge in [0.05, 0.1) is 6.04 Å². The van der Waals surface area contributed by atoms with Crippen LogP contribution in [0.15, 0.2) is 12.7 Å². The van der Waals surface area contributed by atoms with Crippen LogP contribution in [-0.4, -0.2) is 24.4 Å². The van der Waals surface area contributed by atoms with E-state index < -0.39 is 5.91 Å². The highest BCUT2D eigenvalue weighted by Crippen LogP contribution is 2.04. The Morgan fingerprint density at radius 2 is 2.33 bits per heavy atom. The second-order valence-corrected chi connectivity index (χ2v) is 2.71. The molecule has 0 bridgehead atoms. The van der Waals surface area contributed by atoms with E-state index in [1.54, 1.807) is 0 Å². The summed E-state index contributed by atoms with van der Waals surface area (Å²) in [5.74, 6) is -0.689. The highest BCUT2D eigenvalue weighted by molar-refractivity contribution is 6.02. The molecule has 1 heterocycles. The van der Waals surface area contributed by atoms with Gasteiger partial charge >= 0.3 is 0 Å². The molecule has 0 saturated carbocycles. The van der Waals surface area contributed by atoms with Crippen molar-refractivity contribution in [3.63, 3.8) is 0 Å². The average Bonchev–Trinajstić information content (AvgIpc) is 2.56. The molecule has 1 atom stereocenters. The Morgan fingerprint density at radius 1 is 1.58 bits per heavy atom. The maximum absolute atomic E-state index is 11.2. The second kappa shape index (κ2) is 4.01. The zero-order valence-corrected chi connectivity index (χ0v) is 6.80. The summed E-state index contributed by atoms with van der Waals surface area (Å²) in [6, 6.07) is -0.200. The van der Waals surface area contributed by atoms with Crippen LogP contribution < -0.4 is 10.6 Å². The van der Waals surface area contributed by atoms with Gasteiger partial charge in [0.15, 0.2) is 0 Å². The molecular weight excluding hydrogens is 156 g/mol. The summed E-state index contributed by atoms with van der Waals surface area (Å²) in [5.41, 5.74) is 0. The fourth-order valence-electron chi connectivity index (χ4n) is 1.17. The number of carbonyl (C=O) groups excluding carboxylic acids is 2. The van der Waals surface area contributed by atoms with Crippen LogP contribution in [0, 0.1) is 0 Å². The Morgan fingerprint density at radius 3 is 2.83 bits per heavy atom. The minimum absolute atomic E-state index is 0.200. The van der Waals surface area contributed by atoms with E-state index in [0.717, 1.165) is 25.5 Å². The van der Waals surface area contributed by atoms with Gasteiger partial charge < -0.3 is 5.32 Å². The molecule has 0 aromatic heterocycles. The van der Waals surface area contributed by atoms with Crippen molar-refractivity contribution in [3.05, 3.63) is 12.7 Å². The Labute approximate surface area is 71.0 Å². The number of nitrogens with one attached hydrogen (secondary N) is 2. The fraction of sp³-hybridized carbons (Fsp3) is 0.500. The lowest BCUT2D eigenvalue weighted by Crippen LogP contribution is -2.42. The van der Waals surface area contributed by atoms with Gasteiger partial charge in [0.1, 0.15) is 0 Å². The summed E-state index contributed by atoms with van der Waals surface area (Å²) in [7, 11) is 0. The number of hydrogen-bond donors (Lipinski definition) is 2. The monoisotopic (exact) mass is 168 g/mol. The molecule has 0 aromatic carbocycles. The van der Waals surface area contributed by atoms with Crippen molar-refractivity contribution < 1.29 is 9.59 Å². The van der Waals surface area contributed by atoms with Crippen molar-refractivity contribution in [2.24, 2.45) is 0 Å². The first kappa shape index (κ1) is 8.93. The average molecular weight is 168 g/mol. The molecule has 1 aliphatic heterocycles. The fourth-order valence-corrected chi connectivity index (χ4v) is 1.17. The van der Waals surface area contributed by atoms with E-state index in [9.17, 15) is 9.59 Å². The summed E-state index contributed by atoms with van der Waals surface area (Å²) in [5, 5.41) is 5.20. The van der Waals surface area contributed by atoms with Gasteiger partial charge in [-0.15, -0.1) is 0 Å². The molecule has 12 heavy (non-hydrogen) atoms. The van der Waals surface area contributed by atoms with Crippen LogP contribution in [0.3, 0.4) is 0 Å². The maximum atomic E-state index is 11.2. The maximum Gasteiger partial charge on any atom is 0.249 e. The van der Waals surface area contributed by atoms with Crippen LogP contribution in [0.25, 0.3) is 0 Å². The van der Waals surface area contributed by atoms with Crippen LogP contribution in [0.1, 0.15) is 12.8 Å². The van der Waals surface area contributed by atoms with E-state index in [4.69, 9.17) is 0 Å². The number of amides is 2. The van der Waals surface area contributed by atoms with Gasteiger partial charge in [-0.3, -0.25) is 14.9 Å². The lowest BCUT2D eigenvalue weighted by atomic mass is 10.2. The third-order valence-corrected chi connectivity index (χ3v) is 1.81.